The summed E-state index contributed by atoms with van der Waals surface area (Å²) in [4.78, 5) is 4.48. The molecule has 0 fully saturated rings. The van der Waals surface area contributed by atoms with Gasteiger partial charge in [0.1, 0.15) is 5.75 Å². The molecule has 0 atom stereocenters. The number of rotatable bonds is 9. The fraction of sp³-hybridized carbons (Fsp3) is 0.533. The SMILES string of the molecule is CCNC(=NCc1ccccc1OC)NCCNS(=O)(=O)CC.I. The Kier molecular flexibility index (Phi) is 11.8. The van der Waals surface area contributed by atoms with E-state index in [1.807, 2.05) is 31.2 Å². The second-order valence-electron chi connectivity index (χ2n) is 4.73. The Bertz CT molecular complexity index is 608. The zero-order valence-corrected chi connectivity index (χ0v) is 17.5. The Hall–Kier alpha value is -1.07. The van der Waals surface area contributed by atoms with Gasteiger partial charge >= 0.3 is 0 Å². The Morgan fingerprint density at radius 1 is 1.17 bits per heavy atom. The first-order chi connectivity index (χ1) is 11.0. The van der Waals surface area contributed by atoms with Gasteiger partial charge in [-0.05, 0) is 19.9 Å². The van der Waals surface area contributed by atoms with E-state index in [9.17, 15) is 8.42 Å². The average molecular weight is 470 g/mol. The van der Waals surface area contributed by atoms with Crippen LogP contribution in [0, 0.1) is 0 Å². The third-order valence-electron chi connectivity index (χ3n) is 3.06. The molecule has 0 saturated heterocycles. The molecule has 0 radical (unpaired) electrons. The van der Waals surface area contributed by atoms with Crippen molar-refractivity contribution in [3.8, 4) is 5.75 Å². The molecule has 3 N–H and O–H groups in total. The number of nitrogens with zero attached hydrogens (tertiary/aromatic N) is 1. The Morgan fingerprint density at radius 2 is 1.88 bits per heavy atom. The normalized spacial score (nSPS) is 11.5. The molecular formula is C15H27IN4O3S. The standard InChI is InChI=1S/C15H26N4O3S.HI/c1-4-16-15(17-10-11-19-23(20,21)5-2)18-12-13-8-6-7-9-14(13)22-3;/h6-9,19H,4-5,10-12H2,1-3H3,(H2,16,17,18);1H. The highest BCUT2D eigenvalue weighted by Gasteiger charge is 2.05. The summed E-state index contributed by atoms with van der Waals surface area (Å²) >= 11 is 0. The van der Waals surface area contributed by atoms with E-state index in [0.29, 0.717) is 25.6 Å². The number of aliphatic imine (C=N–C) groups is 1. The van der Waals surface area contributed by atoms with Crippen molar-refractivity contribution in [1.82, 2.24) is 15.4 Å². The number of ether oxygens (including phenoxy) is 1. The van der Waals surface area contributed by atoms with Crippen molar-refractivity contribution in [2.24, 2.45) is 4.99 Å². The number of para-hydroxylation sites is 1. The van der Waals surface area contributed by atoms with Gasteiger partial charge in [-0.15, -0.1) is 24.0 Å². The van der Waals surface area contributed by atoms with Gasteiger partial charge in [-0.3, -0.25) is 0 Å². The molecule has 1 aromatic carbocycles. The number of methoxy groups -OCH3 is 1. The minimum absolute atomic E-state index is 0. The number of halogens is 1. The van der Waals surface area contributed by atoms with Crippen LogP contribution in [0.25, 0.3) is 0 Å². The minimum Gasteiger partial charge on any atom is -0.496 e. The summed E-state index contributed by atoms with van der Waals surface area (Å²) in [6.45, 7) is 5.54. The topological polar surface area (TPSA) is 91.8 Å². The fourth-order valence-electron chi connectivity index (χ4n) is 1.83. The van der Waals surface area contributed by atoms with Crippen LogP contribution in [0.5, 0.6) is 5.75 Å². The first-order valence-corrected chi connectivity index (χ1v) is 9.29. The van der Waals surface area contributed by atoms with E-state index in [0.717, 1.165) is 17.9 Å². The molecule has 1 rings (SSSR count). The molecule has 0 aliphatic heterocycles. The molecule has 1 aromatic rings. The van der Waals surface area contributed by atoms with Crippen LogP contribution < -0.4 is 20.1 Å². The predicted molar refractivity (Wildman–Crippen MR) is 109 cm³/mol. The molecule has 0 amide bonds. The van der Waals surface area contributed by atoms with Crippen molar-refractivity contribution >= 4 is 40.0 Å². The molecule has 0 heterocycles. The second-order valence-corrected chi connectivity index (χ2v) is 6.83. The number of benzene rings is 1. The van der Waals surface area contributed by atoms with Gasteiger partial charge in [0.05, 0.1) is 19.4 Å². The van der Waals surface area contributed by atoms with Crippen molar-refractivity contribution < 1.29 is 13.2 Å². The highest BCUT2D eigenvalue weighted by molar-refractivity contribution is 14.0. The monoisotopic (exact) mass is 470 g/mol. The van der Waals surface area contributed by atoms with Crippen LogP contribution in [0.15, 0.2) is 29.3 Å². The highest BCUT2D eigenvalue weighted by atomic mass is 127. The van der Waals surface area contributed by atoms with E-state index in [4.69, 9.17) is 4.74 Å². The molecule has 0 spiro atoms. The zero-order chi connectivity index (χ0) is 17.1. The van der Waals surface area contributed by atoms with Crippen molar-refractivity contribution in [2.45, 2.75) is 20.4 Å². The lowest BCUT2D eigenvalue weighted by Crippen LogP contribution is -2.41. The van der Waals surface area contributed by atoms with E-state index in [2.05, 4.69) is 20.3 Å². The van der Waals surface area contributed by atoms with E-state index < -0.39 is 10.0 Å². The van der Waals surface area contributed by atoms with Gasteiger partial charge in [-0.2, -0.15) is 0 Å². The lowest BCUT2D eigenvalue weighted by atomic mass is 10.2. The molecule has 0 aromatic heterocycles. The maximum Gasteiger partial charge on any atom is 0.211 e. The third kappa shape index (κ3) is 8.69. The summed E-state index contributed by atoms with van der Waals surface area (Å²) in [6.07, 6.45) is 0. The van der Waals surface area contributed by atoms with E-state index in [-0.39, 0.29) is 29.7 Å². The van der Waals surface area contributed by atoms with Crippen LogP contribution >= 0.6 is 24.0 Å². The van der Waals surface area contributed by atoms with E-state index >= 15 is 0 Å². The molecule has 9 heteroatoms. The van der Waals surface area contributed by atoms with Crippen LogP contribution in [0.1, 0.15) is 19.4 Å². The summed E-state index contributed by atoms with van der Waals surface area (Å²) in [7, 11) is -1.53. The molecule has 0 saturated carbocycles. The molecule has 0 aliphatic carbocycles. The molecule has 0 unspecified atom stereocenters. The van der Waals surface area contributed by atoms with Crippen LogP contribution in [0.3, 0.4) is 0 Å². The van der Waals surface area contributed by atoms with Gasteiger partial charge in [-0.25, -0.2) is 18.1 Å². The average Bonchev–Trinajstić information content (AvgIpc) is 2.56. The van der Waals surface area contributed by atoms with Crippen molar-refractivity contribution in [3.05, 3.63) is 29.8 Å². The summed E-state index contributed by atoms with van der Waals surface area (Å²) in [5.74, 6) is 1.51. The van der Waals surface area contributed by atoms with Gasteiger partial charge in [0.15, 0.2) is 5.96 Å². The summed E-state index contributed by atoms with van der Waals surface area (Å²) in [5, 5.41) is 6.22. The molecule has 0 bridgehead atoms. The fourth-order valence-corrected chi connectivity index (χ4v) is 2.45. The lowest BCUT2D eigenvalue weighted by molar-refractivity contribution is 0.410. The van der Waals surface area contributed by atoms with Crippen LogP contribution in [0.2, 0.25) is 0 Å². The maximum atomic E-state index is 11.4. The first-order valence-electron chi connectivity index (χ1n) is 7.63. The first kappa shape index (κ1) is 22.9. The van der Waals surface area contributed by atoms with Gasteiger partial charge in [0, 0.05) is 25.2 Å². The molecule has 0 aliphatic rings. The minimum atomic E-state index is -3.16. The molecule has 7 nitrogen and oxygen atoms in total. The summed E-state index contributed by atoms with van der Waals surface area (Å²) in [5.41, 5.74) is 0.985. The van der Waals surface area contributed by atoms with Crippen molar-refractivity contribution in [2.75, 3.05) is 32.5 Å². The Labute approximate surface area is 161 Å². The Balaban J connectivity index is 0.00000529. The van der Waals surface area contributed by atoms with Crippen LogP contribution in [-0.4, -0.2) is 46.9 Å². The molecule has 138 valence electrons. The summed E-state index contributed by atoms with van der Waals surface area (Å²) in [6, 6.07) is 7.70. The number of sulfonamides is 1. The predicted octanol–water partition coefficient (Wildman–Crippen LogP) is 1.31. The van der Waals surface area contributed by atoms with E-state index in [1.54, 1.807) is 14.0 Å². The molecule has 24 heavy (non-hydrogen) atoms. The number of hydrogen-bond donors (Lipinski definition) is 3. The zero-order valence-electron chi connectivity index (χ0n) is 14.3. The van der Waals surface area contributed by atoms with Crippen LogP contribution in [0.4, 0.5) is 0 Å². The lowest BCUT2D eigenvalue weighted by Gasteiger charge is -2.12. The third-order valence-corrected chi connectivity index (χ3v) is 4.47. The van der Waals surface area contributed by atoms with Gasteiger partial charge in [-0.1, -0.05) is 18.2 Å². The number of nitrogens with one attached hydrogen (secondary N) is 3. The van der Waals surface area contributed by atoms with E-state index in [1.165, 1.54) is 0 Å². The maximum absolute atomic E-state index is 11.4. The number of guanidine groups is 1. The second kappa shape index (κ2) is 12.3. The smallest absolute Gasteiger partial charge is 0.211 e. The quantitative estimate of drug-likeness (QED) is 0.219. The Morgan fingerprint density at radius 3 is 2.50 bits per heavy atom. The van der Waals surface area contributed by atoms with Gasteiger partial charge in [0.25, 0.3) is 0 Å². The van der Waals surface area contributed by atoms with Crippen molar-refractivity contribution in [3.63, 3.8) is 0 Å². The number of hydrogen-bond acceptors (Lipinski definition) is 4. The van der Waals surface area contributed by atoms with Crippen LogP contribution in [-0.2, 0) is 16.6 Å². The van der Waals surface area contributed by atoms with Gasteiger partial charge in [0.2, 0.25) is 10.0 Å². The summed E-state index contributed by atoms with van der Waals surface area (Å²) < 4.78 is 30.5. The van der Waals surface area contributed by atoms with Crippen molar-refractivity contribution in [1.29, 1.82) is 0 Å². The highest BCUT2D eigenvalue weighted by Crippen LogP contribution is 2.17. The largest absolute Gasteiger partial charge is 0.496 e. The van der Waals surface area contributed by atoms with Gasteiger partial charge < -0.3 is 15.4 Å². The molecular weight excluding hydrogens is 443 g/mol.